The van der Waals surface area contributed by atoms with Gasteiger partial charge in [0.2, 0.25) is 11.8 Å². The van der Waals surface area contributed by atoms with Crippen molar-refractivity contribution in [3.63, 3.8) is 0 Å². The minimum atomic E-state index is -0.438. The van der Waals surface area contributed by atoms with Gasteiger partial charge in [0.1, 0.15) is 11.6 Å². The summed E-state index contributed by atoms with van der Waals surface area (Å²) in [6, 6.07) is 17.6. The Morgan fingerprint density at radius 1 is 0.930 bits per heavy atom. The van der Waals surface area contributed by atoms with Gasteiger partial charge in [0, 0.05) is 50.5 Å². The number of likely N-dealkylation sites (tertiary alicyclic amines) is 2. The van der Waals surface area contributed by atoms with Crippen LogP contribution in [0, 0.1) is 18.7 Å². The molecule has 0 saturated carbocycles. The molecular weight excluding hydrogens is 547 g/mol. The molecule has 2 fully saturated rings. The van der Waals surface area contributed by atoms with E-state index in [0.29, 0.717) is 38.4 Å². The van der Waals surface area contributed by atoms with Gasteiger partial charge in [0.15, 0.2) is 0 Å². The molecule has 0 radical (unpaired) electrons. The lowest BCUT2D eigenvalue weighted by Gasteiger charge is -2.37. The maximum atomic E-state index is 14.2. The number of halogens is 1. The molecule has 4 amide bonds. The maximum Gasteiger partial charge on any atom is 0.321 e. The van der Waals surface area contributed by atoms with Crippen LogP contribution in [0.15, 0.2) is 60.7 Å². The Bertz CT molecular complexity index is 1520. The van der Waals surface area contributed by atoms with Gasteiger partial charge in [-0.3, -0.25) is 9.59 Å². The van der Waals surface area contributed by atoms with E-state index in [1.165, 1.54) is 12.1 Å². The molecule has 10 heteroatoms. The van der Waals surface area contributed by atoms with Gasteiger partial charge < -0.3 is 25.3 Å². The highest BCUT2D eigenvalue weighted by molar-refractivity contribution is 6.00. The Kier molecular flexibility index (Phi) is 8.01. The van der Waals surface area contributed by atoms with Crippen molar-refractivity contribution in [2.24, 2.45) is 5.92 Å². The fourth-order valence-electron chi connectivity index (χ4n) is 6.53. The highest BCUT2D eigenvalue weighted by Gasteiger charge is 2.43. The second-order valence-electron chi connectivity index (χ2n) is 11.8. The third-order valence-corrected chi connectivity index (χ3v) is 8.94. The number of para-hydroxylation sites is 1. The average Bonchev–Trinajstić information content (AvgIpc) is 3.49. The minimum absolute atomic E-state index is 0.00687. The lowest BCUT2D eigenvalue weighted by Crippen LogP contribution is -2.45. The molecule has 43 heavy (non-hydrogen) atoms. The number of urea groups is 1. The summed E-state index contributed by atoms with van der Waals surface area (Å²) in [4.78, 5) is 49.5. The number of pyridine rings is 1. The van der Waals surface area contributed by atoms with Gasteiger partial charge in [0.05, 0.1) is 18.2 Å². The number of benzene rings is 2. The van der Waals surface area contributed by atoms with Gasteiger partial charge in [-0.15, -0.1) is 0 Å². The number of nitrogens with zero attached hydrogens (tertiary/aromatic N) is 4. The molecule has 2 unspecified atom stereocenters. The molecule has 6 rings (SSSR count). The van der Waals surface area contributed by atoms with E-state index in [0.717, 1.165) is 47.6 Å². The van der Waals surface area contributed by atoms with E-state index >= 15 is 0 Å². The first-order valence-corrected chi connectivity index (χ1v) is 15.0. The Hall–Kier alpha value is -4.47. The SMILES string of the molecule is CC(=O)N1CCC(C2C(=O)N(c3ccccc3C)Cc3ccc(NC4CCN(C(=O)Nc5ccc(F)cc5)CC4)nc32)C1. The van der Waals surface area contributed by atoms with E-state index in [-0.39, 0.29) is 35.6 Å². The number of nitrogens with one attached hydrogen (secondary N) is 2. The molecule has 0 bridgehead atoms. The lowest BCUT2D eigenvalue weighted by atomic mass is 9.82. The molecule has 4 heterocycles. The van der Waals surface area contributed by atoms with E-state index in [1.807, 2.05) is 47.1 Å². The van der Waals surface area contributed by atoms with Crippen LogP contribution in [0.1, 0.15) is 48.9 Å². The quantitative estimate of drug-likeness (QED) is 0.433. The number of anilines is 3. The molecule has 1 aromatic heterocycles. The summed E-state index contributed by atoms with van der Waals surface area (Å²) in [7, 11) is 0. The number of aromatic nitrogens is 1. The zero-order valence-corrected chi connectivity index (χ0v) is 24.6. The number of fused-ring (bicyclic) bond motifs is 1. The van der Waals surface area contributed by atoms with Crippen molar-refractivity contribution in [3.8, 4) is 0 Å². The summed E-state index contributed by atoms with van der Waals surface area (Å²) in [6.07, 6.45) is 2.25. The predicted molar refractivity (Wildman–Crippen MR) is 163 cm³/mol. The van der Waals surface area contributed by atoms with Crippen LogP contribution in [0.3, 0.4) is 0 Å². The summed E-state index contributed by atoms with van der Waals surface area (Å²) >= 11 is 0. The van der Waals surface area contributed by atoms with Crippen LogP contribution in [0.4, 0.5) is 26.4 Å². The highest BCUT2D eigenvalue weighted by atomic mass is 19.1. The molecule has 224 valence electrons. The van der Waals surface area contributed by atoms with Gasteiger partial charge in [0.25, 0.3) is 0 Å². The van der Waals surface area contributed by atoms with Crippen LogP contribution in [0.5, 0.6) is 0 Å². The van der Waals surface area contributed by atoms with E-state index in [9.17, 15) is 18.8 Å². The van der Waals surface area contributed by atoms with Gasteiger partial charge in [-0.1, -0.05) is 24.3 Å². The van der Waals surface area contributed by atoms with Crippen LogP contribution in [0.2, 0.25) is 0 Å². The lowest BCUT2D eigenvalue weighted by molar-refractivity contribution is -0.128. The molecule has 2 saturated heterocycles. The molecule has 9 nitrogen and oxygen atoms in total. The second kappa shape index (κ2) is 12.0. The number of carbonyl (C=O) groups excluding carboxylic acids is 3. The van der Waals surface area contributed by atoms with Crippen molar-refractivity contribution in [2.75, 3.05) is 41.7 Å². The van der Waals surface area contributed by atoms with Crippen molar-refractivity contribution in [3.05, 3.63) is 83.3 Å². The van der Waals surface area contributed by atoms with Crippen LogP contribution in [0.25, 0.3) is 0 Å². The van der Waals surface area contributed by atoms with Crippen LogP contribution in [-0.4, -0.2) is 64.9 Å². The van der Waals surface area contributed by atoms with Crippen LogP contribution in [-0.2, 0) is 16.1 Å². The van der Waals surface area contributed by atoms with Crippen LogP contribution < -0.4 is 15.5 Å². The minimum Gasteiger partial charge on any atom is -0.367 e. The van der Waals surface area contributed by atoms with Crippen molar-refractivity contribution in [1.82, 2.24) is 14.8 Å². The second-order valence-corrected chi connectivity index (χ2v) is 11.8. The number of piperidine rings is 1. The topological polar surface area (TPSA) is 97.9 Å². The van der Waals surface area contributed by atoms with Crippen molar-refractivity contribution in [2.45, 2.75) is 51.6 Å². The molecule has 3 aromatic rings. The van der Waals surface area contributed by atoms with Gasteiger partial charge in [-0.25, -0.2) is 14.2 Å². The summed E-state index contributed by atoms with van der Waals surface area (Å²) in [5.41, 5.74) is 4.32. The van der Waals surface area contributed by atoms with Crippen molar-refractivity contribution >= 4 is 35.0 Å². The Morgan fingerprint density at radius 3 is 2.35 bits per heavy atom. The maximum absolute atomic E-state index is 14.2. The number of hydrogen-bond acceptors (Lipinski definition) is 5. The molecule has 3 aliphatic rings. The van der Waals surface area contributed by atoms with Crippen LogP contribution >= 0.6 is 0 Å². The number of aryl methyl sites for hydroxylation is 1. The first kappa shape index (κ1) is 28.6. The summed E-state index contributed by atoms with van der Waals surface area (Å²) in [5, 5.41) is 6.38. The average molecular weight is 585 g/mol. The van der Waals surface area contributed by atoms with Crippen molar-refractivity contribution < 1.29 is 18.8 Å². The van der Waals surface area contributed by atoms with Gasteiger partial charge in [-0.2, -0.15) is 0 Å². The monoisotopic (exact) mass is 584 g/mol. The molecule has 2 N–H and O–H groups in total. The number of hydrogen-bond donors (Lipinski definition) is 2. The van der Waals surface area contributed by atoms with E-state index in [2.05, 4.69) is 16.7 Å². The number of amides is 4. The largest absolute Gasteiger partial charge is 0.367 e. The molecule has 3 aliphatic heterocycles. The van der Waals surface area contributed by atoms with Gasteiger partial charge >= 0.3 is 6.03 Å². The fraction of sp³-hybridized carbons (Fsp3) is 0.394. The molecule has 2 aromatic carbocycles. The molecule has 0 aliphatic carbocycles. The number of rotatable bonds is 5. The zero-order valence-electron chi connectivity index (χ0n) is 24.6. The van der Waals surface area contributed by atoms with E-state index in [1.54, 1.807) is 24.0 Å². The number of carbonyl (C=O) groups is 3. The first-order valence-electron chi connectivity index (χ1n) is 15.0. The molecule has 0 spiro atoms. The summed E-state index contributed by atoms with van der Waals surface area (Å²) in [6.45, 7) is 6.39. The van der Waals surface area contributed by atoms with Crippen molar-refractivity contribution in [1.29, 1.82) is 0 Å². The molecule has 2 atom stereocenters. The Balaban J connectivity index is 1.17. The Morgan fingerprint density at radius 2 is 1.65 bits per heavy atom. The third kappa shape index (κ3) is 6.04. The van der Waals surface area contributed by atoms with E-state index in [4.69, 9.17) is 4.98 Å². The first-order chi connectivity index (χ1) is 20.8. The van der Waals surface area contributed by atoms with Gasteiger partial charge in [-0.05, 0) is 79.6 Å². The zero-order chi connectivity index (χ0) is 30.1. The third-order valence-electron chi connectivity index (χ3n) is 8.94. The smallest absolute Gasteiger partial charge is 0.321 e. The summed E-state index contributed by atoms with van der Waals surface area (Å²) in [5.74, 6) is -0.0121. The summed E-state index contributed by atoms with van der Waals surface area (Å²) < 4.78 is 13.2. The Labute approximate surface area is 251 Å². The van der Waals surface area contributed by atoms with E-state index < -0.39 is 5.92 Å². The highest BCUT2D eigenvalue weighted by Crippen LogP contribution is 2.41. The molecular formula is C33H37FN6O3. The normalized spacial score (nSPS) is 20.6. The standard InChI is InChI=1S/C33H37FN6O3/c1-21-5-3-4-6-28(21)40-20-24-7-12-29(37-31(24)30(32(40)42)23-13-16-39(19-23)22(2)41)35-27-14-17-38(18-15-27)33(43)36-26-10-8-25(34)9-11-26/h3-12,23,27,30H,13-20H2,1-2H3,(H,35,37)(H,36,43). The predicted octanol–water partition coefficient (Wildman–Crippen LogP) is 5.14. The fourth-order valence-corrected chi connectivity index (χ4v) is 6.53.